The van der Waals surface area contributed by atoms with Crippen LogP contribution >= 0.6 is 23.2 Å². The van der Waals surface area contributed by atoms with Crippen LogP contribution in [0.2, 0.25) is 10.0 Å². The molecule has 4 aromatic rings. The summed E-state index contributed by atoms with van der Waals surface area (Å²) in [4.78, 5) is 2.12. The molecule has 0 bridgehead atoms. The van der Waals surface area contributed by atoms with Crippen molar-refractivity contribution in [1.82, 2.24) is 0 Å². The van der Waals surface area contributed by atoms with E-state index in [2.05, 4.69) is 47.4 Å². The summed E-state index contributed by atoms with van der Waals surface area (Å²) in [7, 11) is 0. The second-order valence-electron chi connectivity index (χ2n) is 7.95. The molecule has 4 aromatic carbocycles. The summed E-state index contributed by atoms with van der Waals surface area (Å²) in [6.45, 7) is 0.329. The van der Waals surface area contributed by atoms with Gasteiger partial charge in [-0.1, -0.05) is 102 Å². The molecule has 0 spiro atoms. The van der Waals surface area contributed by atoms with Crippen LogP contribution in [0.5, 0.6) is 5.75 Å². The van der Waals surface area contributed by atoms with Crippen molar-refractivity contribution in [3.63, 3.8) is 0 Å². The number of rotatable bonds is 2. The van der Waals surface area contributed by atoms with Crippen LogP contribution in [0.25, 0.3) is 0 Å². The Hall–Kier alpha value is -2.98. The monoisotopic (exact) mass is 459 g/mol. The molecule has 5 heteroatoms. The number of anilines is 1. The largest absolute Gasteiger partial charge is 0.471 e. The van der Waals surface area contributed by atoms with Gasteiger partial charge in [-0.3, -0.25) is 0 Å². The predicted octanol–water partition coefficient (Wildman–Crippen LogP) is 7.17. The first-order valence-corrected chi connectivity index (χ1v) is 11.2. The van der Waals surface area contributed by atoms with Gasteiger partial charge in [-0.15, -0.1) is 0 Å². The summed E-state index contributed by atoms with van der Waals surface area (Å²) < 4.78 is 13.2. The van der Waals surface area contributed by atoms with E-state index in [0.29, 0.717) is 22.5 Å². The Bertz CT molecular complexity index is 1250. The highest BCUT2D eigenvalue weighted by Crippen LogP contribution is 2.55. The third-order valence-corrected chi connectivity index (χ3v) is 6.67. The molecule has 0 radical (unpaired) electrons. The van der Waals surface area contributed by atoms with E-state index in [0.717, 1.165) is 27.9 Å². The molecule has 2 aliphatic heterocycles. The highest BCUT2D eigenvalue weighted by molar-refractivity contribution is 6.35. The van der Waals surface area contributed by atoms with Gasteiger partial charge in [0.25, 0.3) is 0 Å². The molecule has 0 amide bonds. The number of ether oxygens (including phenoxy) is 2. The summed E-state index contributed by atoms with van der Waals surface area (Å²) >= 11 is 12.9. The van der Waals surface area contributed by atoms with E-state index in [1.807, 2.05) is 48.5 Å². The Kier molecular flexibility index (Phi) is 4.65. The van der Waals surface area contributed by atoms with Crippen molar-refractivity contribution in [2.45, 2.75) is 11.8 Å². The smallest absolute Gasteiger partial charge is 0.164 e. The van der Waals surface area contributed by atoms with Gasteiger partial charge in [-0.2, -0.15) is 0 Å². The standard InChI is InChI=1S/C27H19Cl2NO2/c28-20-15-21-25(23(29)16-20)31-17-30-24-14-8-7-13-22(24)27(32-26(21)30,18-9-3-1-4-10-18)19-11-5-2-6-12-19/h1-16,26H,17H2. The molecule has 0 aromatic heterocycles. The minimum atomic E-state index is -0.816. The fourth-order valence-corrected chi connectivity index (χ4v) is 5.38. The van der Waals surface area contributed by atoms with Crippen LogP contribution in [0, 0.1) is 0 Å². The number of hydrogen-bond acceptors (Lipinski definition) is 3. The quantitative estimate of drug-likeness (QED) is 0.317. The number of hydrogen-bond donors (Lipinski definition) is 0. The Labute approximate surface area is 196 Å². The average molecular weight is 460 g/mol. The molecule has 0 aliphatic carbocycles. The van der Waals surface area contributed by atoms with Crippen molar-refractivity contribution in [1.29, 1.82) is 0 Å². The Balaban J connectivity index is 1.67. The number of nitrogens with zero attached hydrogens (tertiary/aromatic N) is 1. The summed E-state index contributed by atoms with van der Waals surface area (Å²) in [5.41, 5.74) is 4.23. The summed E-state index contributed by atoms with van der Waals surface area (Å²) in [5.74, 6) is 0.617. The van der Waals surface area contributed by atoms with Crippen LogP contribution in [0.3, 0.4) is 0 Å². The third kappa shape index (κ3) is 2.86. The summed E-state index contributed by atoms with van der Waals surface area (Å²) in [5, 5.41) is 1.03. The molecule has 0 fully saturated rings. The number of benzene rings is 4. The maximum absolute atomic E-state index is 7.14. The average Bonchev–Trinajstić information content (AvgIpc) is 2.84. The van der Waals surface area contributed by atoms with E-state index in [4.69, 9.17) is 32.7 Å². The van der Waals surface area contributed by atoms with Crippen molar-refractivity contribution in [3.05, 3.63) is 129 Å². The van der Waals surface area contributed by atoms with Gasteiger partial charge in [-0.05, 0) is 29.3 Å². The molecule has 158 valence electrons. The lowest BCUT2D eigenvalue weighted by atomic mass is 9.77. The van der Waals surface area contributed by atoms with Gasteiger partial charge in [-0.25, -0.2) is 0 Å². The molecular weight excluding hydrogens is 441 g/mol. The second kappa shape index (κ2) is 7.56. The van der Waals surface area contributed by atoms with E-state index in [-0.39, 0.29) is 0 Å². The lowest BCUT2D eigenvalue weighted by Gasteiger charge is -2.50. The molecule has 2 aliphatic rings. The Morgan fingerprint density at radius 1 is 0.781 bits per heavy atom. The molecule has 32 heavy (non-hydrogen) atoms. The van der Waals surface area contributed by atoms with E-state index in [1.165, 1.54) is 0 Å². The first kappa shape index (κ1) is 19.7. The molecule has 6 rings (SSSR count). The van der Waals surface area contributed by atoms with Gasteiger partial charge in [0.1, 0.15) is 11.4 Å². The fourth-order valence-electron chi connectivity index (χ4n) is 4.82. The molecular formula is C27H19Cl2NO2. The van der Waals surface area contributed by atoms with Crippen molar-refractivity contribution in [3.8, 4) is 5.75 Å². The van der Waals surface area contributed by atoms with Crippen molar-refractivity contribution in [2.75, 3.05) is 11.6 Å². The summed E-state index contributed by atoms with van der Waals surface area (Å²) in [6.07, 6.45) is -0.426. The van der Waals surface area contributed by atoms with Crippen LogP contribution in [0.1, 0.15) is 28.5 Å². The van der Waals surface area contributed by atoms with E-state index >= 15 is 0 Å². The van der Waals surface area contributed by atoms with Gasteiger partial charge in [0.05, 0.1) is 5.02 Å². The zero-order valence-electron chi connectivity index (χ0n) is 17.0. The lowest BCUT2D eigenvalue weighted by Crippen LogP contribution is -2.49. The topological polar surface area (TPSA) is 21.7 Å². The normalized spacial score (nSPS) is 18.2. The van der Waals surface area contributed by atoms with Gasteiger partial charge in [0.15, 0.2) is 13.0 Å². The van der Waals surface area contributed by atoms with Crippen LogP contribution in [0.15, 0.2) is 97.1 Å². The zero-order valence-corrected chi connectivity index (χ0v) is 18.6. The van der Waals surface area contributed by atoms with E-state index in [9.17, 15) is 0 Å². The van der Waals surface area contributed by atoms with Crippen LogP contribution in [-0.4, -0.2) is 6.73 Å². The van der Waals surface area contributed by atoms with Crippen LogP contribution in [-0.2, 0) is 10.3 Å². The Morgan fingerprint density at radius 3 is 2.09 bits per heavy atom. The van der Waals surface area contributed by atoms with Gasteiger partial charge in [0.2, 0.25) is 0 Å². The zero-order chi connectivity index (χ0) is 21.7. The minimum Gasteiger partial charge on any atom is -0.471 e. The first-order valence-electron chi connectivity index (χ1n) is 10.5. The minimum absolute atomic E-state index is 0.329. The molecule has 1 atom stereocenters. The fraction of sp³-hybridized carbons (Fsp3) is 0.111. The lowest BCUT2D eigenvalue weighted by molar-refractivity contribution is -0.0732. The first-order chi connectivity index (χ1) is 15.7. The van der Waals surface area contributed by atoms with E-state index < -0.39 is 11.8 Å². The highest BCUT2D eigenvalue weighted by atomic mass is 35.5. The molecule has 0 N–H and O–H groups in total. The maximum atomic E-state index is 7.14. The Morgan fingerprint density at radius 2 is 1.41 bits per heavy atom. The van der Waals surface area contributed by atoms with Crippen LogP contribution < -0.4 is 9.64 Å². The van der Waals surface area contributed by atoms with Crippen molar-refractivity contribution in [2.24, 2.45) is 0 Å². The molecule has 0 saturated carbocycles. The molecule has 2 heterocycles. The van der Waals surface area contributed by atoms with Crippen molar-refractivity contribution < 1.29 is 9.47 Å². The van der Waals surface area contributed by atoms with Gasteiger partial charge >= 0.3 is 0 Å². The third-order valence-electron chi connectivity index (χ3n) is 6.18. The highest BCUT2D eigenvalue weighted by Gasteiger charge is 2.49. The number of halogens is 2. The van der Waals surface area contributed by atoms with Crippen molar-refractivity contribution >= 4 is 28.9 Å². The number of fused-ring (bicyclic) bond motifs is 5. The predicted molar refractivity (Wildman–Crippen MR) is 127 cm³/mol. The molecule has 0 saturated heterocycles. The maximum Gasteiger partial charge on any atom is 0.164 e. The molecule has 3 nitrogen and oxygen atoms in total. The van der Waals surface area contributed by atoms with Gasteiger partial charge in [0, 0.05) is 21.8 Å². The van der Waals surface area contributed by atoms with Crippen LogP contribution in [0.4, 0.5) is 5.69 Å². The number of para-hydroxylation sites is 1. The van der Waals surface area contributed by atoms with E-state index in [1.54, 1.807) is 6.07 Å². The molecule has 1 unspecified atom stereocenters. The second-order valence-corrected chi connectivity index (χ2v) is 8.79. The summed E-state index contributed by atoms with van der Waals surface area (Å²) in [6, 6.07) is 32.6. The SMILES string of the molecule is Clc1cc(Cl)c2c(c1)C1OC(c3ccccc3)(c3ccccc3)c3ccccc3N1CO2. The van der Waals surface area contributed by atoms with Gasteiger partial charge < -0.3 is 14.4 Å².